The Labute approximate surface area is 93.8 Å². The molecule has 0 saturated carbocycles. The van der Waals surface area contributed by atoms with Gasteiger partial charge in [-0.2, -0.15) is 0 Å². The first kappa shape index (κ1) is 14.4. The van der Waals surface area contributed by atoms with E-state index in [0.717, 1.165) is 12.8 Å². The number of nitrogens with two attached hydrogens (primary N) is 1. The van der Waals surface area contributed by atoms with E-state index in [1.807, 2.05) is 27.7 Å². The first-order chi connectivity index (χ1) is 6.81. The summed E-state index contributed by atoms with van der Waals surface area (Å²) in [6.07, 6.45) is 3.39. The van der Waals surface area contributed by atoms with Crippen molar-refractivity contribution in [2.75, 3.05) is 0 Å². The standard InChI is InChI=1S/C12H26N2O/c1-6-9-11(4,5)14-10(15)12(13,7-2)8-3/h6-9,13H2,1-5H3,(H,14,15). The van der Waals surface area contributed by atoms with Gasteiger partial charge < -0.3 is 11.1 Å². The third kappa shape index (κ3) is 4.20. The molecular weight excluding hydrogens is 188 g/mol. The molecule has 0 aliphatic heterocycles. The number of carbonyl (C=O) groups excluding carboxylic acids is 1. The average molecular weight is 214 g/mol. The molecule has 0 aliphatic carbocycles. The Morgan fingerprint density at radius 1 is 1.20 bits per heavy atom. The van der Waals surface area contributed by atoms with Gasteiger partial charge in [0.1, 0.15) is 0 Å². The minimum atomic E-state index is -0.703. The molecule has 0 rings (SSSR count). The zero-order valence-electron chi connectivity index (χ0n) is 10.8. The molecule has 0 aromatic carbocycles. The molecule has 0 aromatic rings. The molecule has 0 aliphatic rings. The first-order valence-corrected chi connectivity index (χ1v) is 5.92. The lowest BCUT2D eigenvalue weighted by Gasteiger charge is -2.32. The molecule has 0 aromatic heterocycles. The van der Waals surface area contributed by atoms with Crippen LogP contribution in [0, 0.1) is 0 Å². The Balaban J connectivity index is 4.47. The average Bonchev–Trinajstić information content (AvgIpc) is 2.15. The second-order valence-corrected chi connectivity index (χ2v) is 4.95. The maximum atomic E-state index is 12.0. The van der Waals surface area contributed by atoms with E-state index in [-0.39, 0.29) is 11.4 Å². The fraction of sp³-hybridized carbons (Fsp3) is 0.917. The topological polar surface area (TPSA) is 55.1 Å². The summed E-state index contributed by atoms with van der Waals surface area (Å²) < 4.78 is 0. The van der Waals surface area contributed by atoms with Crippen LogP contribution in [-0.4, -0.2) is 17.0 Å². The second kappa shape index (κ2) is 5.50. The second-order valence-electron chi connectivity index (χ2n) is 4.95. The number of hydrogen-bond donors (Lipinski definition) is 2. The summed E-state index contributed by atoms with van der Waals surface area (Å²) in [5, 5.41) is 3.04. The molecule has 3 nitrogen and oxygen atoms in total. The van der Waals surface area contributed by atoms with Gasteiger partial charge in [-0.1, -0.05) is 27.2 Å². The van der Waals surface area contributed by atoms with Crippen molar-refractivity contribution >= 4 is 5.91 Å². The Morgan fingerprint density at radius 3 is 2.00 bits per heavy atom. The first-order valence-electron chi connectivity index (χ1n) is 5.92. The SMILES string of the molecule is CCCC(C)(C)NC(=O)C(N)(CC)CC. The summed E-state index contributed by atoms with van der Waals surface area (Å²) in [6, 6.07) is 0. The lowest BCUT2D eigenvalue weighted by atomic mass is 9.90. The van der Waals surface area contributed by atoms with Crippen LogP contribution in [0.2, 0.25) is 0 Å². The van der Waals surface area contributed by atoms with E-state index in [4.69, 9.17) is 5.73 Å². The van der Waals surface area contributed by atoms with Crippen molar-refractivity contribution in [2.45, 2.75) is 71.4 Å². The molecular formula is C12H26N2O. The molecule has 0 spiro atoms. The fourth-order valence-electron chi connectivity index (χ4n) is 1.69. The van der Waals surface area contributed by atoms with E-state index in [1.165, 1.54) is 0 Å². The zero-order chi connectivity index (χ0) is 12.1. The zero-order valence-corrected chi connectivity index (χ0v) is 10.8. The van der Waals surface area contributed by atoms with Crippen LogP contribution in [0.3, 0.4) is 0 Å². The summed E-state index contributed by atoms with van der Waals surface area (Å²) in [4.78, 5) is 12.0. The van der Waals surface area contributed by atoms with Gasteiger partial charge in [0.2, 0.25) is 5.91 Å². The summed E-state index contributed by atoms with van der Waals surface area (Å²) >= 11 is 0. The van der Waals surface area contributed by atoms with Crippen LogP contribution in [0.15, 0.2) is 0 Å². The van der Waals surface area contributed by atoms with Crippen molar-refractivity contribution < 1.29 is 4.79 Å². The molecule has 0 atom stereocenters. The highest BCUT2D eigenvalue weighted by Gasteiger charge is 2.33. The van der Waals surface area contributed by atoms with Crippen LogP contribution in [0.1, 0.15) is 60.3 Å². The molecule has 0 heterocycles. The summed E-state index contributed by atoms with van der Waals surface area (Å²) in [7, 11) is 0. The predicted molar refractivity (Wildman–Crippen MR) is 64.6 cm³/mol. The van der Waals surface area contributed by atoms with Crippen molar-refractivity contribution in [2.24, 2.45) is 5.73 Å². The molecule has 15 heavy (non-hydrogen) atoms. The normalized spacial score (nSPS) is 12.7. The van der Waals surface area contributed by atoms with Crippen LogP contribution in [0.5, 0.6) is 0 Å². The Bertz CT molecular complexity index is 208. The Hall–Kier alpha value is -0.570. The quantitative estimate of drug-likeness (QED) is 0.712. The van der Waals surface area contributed by atoms with Crippen molar-refractivity contribution in [1.29, 1.82) is 0 Å². The molecule has 1 amide bonds. The number of nitrogens with one attached hydrogen (secondary N) is 1. The van der Waals surface area contributed by atoms with Crippen LogP contribution < -0.4 is 11.1 Å². The van der Waals surface area contributed by atoms with E-state index in [1.54, 1.807) is 0 Å². The molecule has 0 radical (unpaired) electrons. The van der Waals surface area contributed by atoms with Gasteiger partial charge in [-0.3, -0.25) is 4.79 Å². The highest BCUT2D eigenvalue weighted by molar-refractivity contribution is 5.86. The minimum absolute atomic E-state index is 0.0223. The molecule has 0 fully saturated rings. The highest BCUT2D eigenvalue weighted by Crippen LogP contribution is 2.16. The monoisotopic (exact) mass is 214 g/mol. The van der Waals surface area contributed by atoms with Gasteiger partial charge in [0.05, 0.1) is 5.54 Å². The van der Waals surface area contributed by atoms with Crippen molar-refractivity contribution in [1.82, 2.24) is 5.32 Å². The molecule has 90 valence electrons. The Kier molecular flexibility index (Phi) is 5.29. The molecule has 0 bridgehead atoms. The van der Waals surface area contributed by atoms with Crippen LogP contribution in [-0.2, 0) is 4.79 Å². The number of amides is 1. The molecule has 0 saturated heterocycles. The summed E-state index contributed by atoms with van der Waals surface area (Å²) in [5.41, 5.74) is 5.18. The maximum Gasteiger partial charge on any atom is 0.240 e. The largest absolute Gasteiger partial charge is 0.350 e. The van der Waals surface area contributed by atoms with Gasteiger partial charge in [0, 0.05) is 5.54 Å². The summed E-state index contributed by atoms with van der Waals surface area (Å²) in [6.45, 7) is 10.1. The maximum absolute atomic E-state index is 12.0. The number of rotatable bonds is 6. The van der Waals surface area contributed by atoms with E-state index in [0.29, 0.717) is 12.8 Å². The predicted octanol–water partition coefficient (Wildman–Crippen LogP) is 2.20. The molecule has 3 heteroatoms. The van der Waals surface area contributed by atoms with E-state index >= 15 is 0 Å². The lowest BCUT2D eigenvalue weighted by molar-refractivity contribution is -0.128. The van der Waals surface area contributed by atoms with Crippen LogP contribution in [0.4, 0.5) is 0 Å². The third-order valence-corrected chi connectivity index (χ3v) is 3.04. The fourth-order valence-corrected chi connectivity index (χ4v) is 1.69. The van der Waals surface area contributed by atoms with Crippen molar-refractivity contribution in [3.05, 3.63) is 0 Å². The van der Waals surface area contributed by atoms with Crippen molar-refractivity contribution in [3.63, 3.8) is 0 Å². The van der Waals surface area contributed by atoms with Gasteiger partial charge in [-0.25, -0.2) is 0 Å². The molecule has 0 unspecified atom stereocenters. The van der Waals surface area contributed by atoms with Gasteiger partial charge in [-0.15, -0.1) is 0 Å². The third-order valence-electron chi connectivity index (χ3n) is 3.04. The van der Waals surface area contributed by atoms with Gasteiger partial charge >= 0.3 is 0 Å². The van der Waals surface area contributed by atoms with Crippen molar-refractivity contribution in [3.8, 4) is 0 Å². The van der Waals surface area contributed by atoms with Crippen LogP contribution >= 0.6 is 0 Å². The number of hydrogen-bond acceptors (Lipinski definition) is 2. The molecule has 3 N–H and O–H groups in total. The summed E-state index contributed by atoms with van der Waals surface area (Å²) in [5.74, 6) is -0.0223. The van der Waals surface area contributed by atoms with E-state index in [2.05, 4.69) is 12.2 Å². The Morgan fingerprint density at radius 2 is 1.67 bits per heavy atom. The minimum Gasteiger partial charge on any atom is -0.350 e. The van der Waals surface area contributed by atoms with Gasteiger partial charge in [-0.05, 0) is 33.1 Å². The highest BCUT2D eigenvalue weighted by atomic mass is 16.2. The van der Waals surface area contributed by atoms with Gasteiger partial charge in [0.15, 0.2) is 0 Å². The number of carbonyl (C=O) groups is 1. The van der Waals surface area contributed by atoms with Gasteiger partial charge in [0.25, 0.3) is 0 Å². The van der Waals surface area contributed by atoms with Crippen LogP contribution in [0.25, 0.3) is 0 Å². The van der Waals surface area contributed by atoms with E-state index in [9.17, 15) is 4.79 Å². The lowest BCUT2D eigenvalue weighted by Crippen LogP contribution is -2.58. The smallest absolute Gasteiger partial charge is 0.240 e. The van der Waals surface area contributed by atoms with E-state index < -0.39 is 5.54 Å².